The van der Waals surface area contributed by atoms with Crippen molar-refractivity contribution in [3.63, 3.8) is 0 Å². The second-order valence-electron chi connectivity index (χ2n) is 5.64. The molecule has 0 radical (unpaired) electrons. The molecule has 1 aromatic carbocycles. The van der Waals surface area contributed by atoms with Crippen LogP contribution in [0.15, 0.2) is 42.6 Å². The molecule has 1 fully saturated rings. The van der Waals surface area contributed by atoms with Gasteiger partial charge in [0.2, 0.25) is 0 Å². The Morgan fingerprint density at radius 2 is 2.05 bits per heavy atom. The topological polar surface area (TPSA) is 61.6 Å². The van der Waals surface area contributed by atoms with E-state index in [9.17, 15) is 5.26 Å². The van der Waals surface area contributed by atoms with Gasteiger partial charge in [0.25, 0.3) is 0 Å². The third kappa shape index (κ3) is 2.79. The minimum Gasteiger partial charge on any atom is -0.308 e. The molecular weight excluding hydrogens is 260 g/mol. The number of rotatable bonds is 4. The molecule has 1 saturated carbocycles. The van der Waals surface area contributed by atoms with Gasteiger partial charge in [-0.1, -0.05) is 30.3 Å². The van der Waals surface area contributed by atoms with Gasteiger partial charge in [0.1, 0.15) is 5.82 Å². The van der Waals surface area contributed by atoms with Crippen LogP contribution in [0.1, 0.15) is 29.9 Å². The Morgan fingerprint density at radius 3 is 2.71 bits per heavy atom. The van der Waals surface area contributed by atoms with Gasteiger partial charge in [-0.25, -0.2) is 9.97 Å². The number of aromatic nitrogens is 2. The second kappa shape index (κ2) is 5.63. The van der Waals surface area contributed by atoms with Crippen molar-refractivity contribution < 1.29 is 0 Å². The molecule has 3 rings (SSSR count). The minimum atomic E-state index is -0.319. The van der Waals surface area contributed by atoms with E-state index >= 15 is 0 Å². The van der Waals surface area contributed by atoms with Crippen molar-refractivity contribution in [2.24, 2.45) is 0 Å². The quantitative estimate of drug-likeness (QED) is 0.933. The van der Waals surface area contributed by atoms with Gasteiger partial charge in [-0.2, -0.15) is 5.26 Å². The first-order valence-electron chi connectivity index (χ1n) is 7.20. The van der Waals surface area contributed by atoms with Crippen LogP contribution < -0.4 is 5.32 Å². The predicted molar refractivity (Wildman–Crippen MR) is 80.4 cm³/mol. The van der Waals surface area contributed by atoms with Crippen LogP contribution in [0.4, 0.5) is 0 Å². The molecule has 0 unspecified atom stereocenters. The average Bonchev–Trinajstić information content (AvgIpc) is 2.47. The fourth-order valence-corrected chi connectivity index (χ4v) is 2.93. The highest BCUT2D eigenvalue weighted by Crippen LogP contribution is 2.43. The largest absolute Gasteiger partial charge is 0.308 e. The maximum atomic E-state index is 9.53. The monoisotopic (exact) mass is 278 g/mol. The van der Waals surface area contributed by atoms with E-state index in [0.29, 0.717) is 6.04 Å². The fraction of sp³-hybridized carbons (Fsp3) is 0.353. The number of nitrogens with zero attached hydrogens (tertiary/aromatic N) is 3. The average molecular weight is 278 g/mol. The minimum absolute atomic E-state index is 0.319. The maximum absolute atomic E-state index is 9.53. The van der Waals surface area contributed by atoms with Gasteiger partial charge in [0.05, 0.1) is 17.2 Å². The van der Waals surface area contributed by atoms with Crippen LogP contribution in [0, 0.1) is 18.3 Å². The maximum Gasteiger partial charge on any atom is 0.125 e. The molecule has 1 aliphatic rings. The SMILES string of the molecule is Cc1nccc(CNC2CC(C#N)(c3ccccc3)C2)n1. The molecule has 1 aliphatic carbocycles. The molecule has 0 bridgehead atoms. The van der Waals surface area contributed by atoms with E-state index in [1.165, 1.54) is 0 Å². The lowest BCUT2D eigenvalue weighted by atomic mass is 9.62. The number of aryl methyl sites for hydroxylation is 1. The Labute approximate surface area is 124 Å². The van der Waals surface area contributed by atoms with Gasteiger partial charge in [-0.3, -0.25) is 0 Å². The molecule has 0 spiro atoms. The second-order valence-corrected chi connectivity index (χ2v) is 5.64. The third-order valence-corrected chi connectivity index (χ3v) is 4.14. The zero-order chi connectivity index (χ0) is 14.7. The van der Waals surface area contributed by atoms with Crippen molar-refractivity contribution in [2.45, 2.75) is 37.8 Å². The Morgan fingerprint density at radius 1 is 1.29 bits per heavy atom. The van der Waals surface area contributed by atoms with E-state index in [4.69, 9.17) is 0 Å². The summed E-state index contributed by atoms with van der Waals surface area (Å²) < 4.78 is 0. The van der Waals surface area contributed by atoms with Gasteiger partial charge in [0.15, 0.2) is 0 Å². The van der Waals surface area contributed by atoms with E-state index in [2.05, 4.69) is 21.4 Å². The van der Waals surface area contributed by atoms with Crippen LogP contribution in [-0.4, -0.2) is 16.0 Å². The molecule has 106 valence electrons. The summed E-state index contributed by atoms with van der Waals surface area (Å²) in [5, 5.41) is 13.0. The lowest BCUT2D eigenvalue weighted by molar-refractivity contribution is 0.225. The highest BCUT2D eigenvalue weighted by Gasteiger charge is 2.45. The Hall–Kier alpha value is -2.25. The van der Waals surface area contributed by atoms with Crippen LogP contribution in [0.3, 0.4) is 0 Å². The first-order valence-corrected chi connectivity index (χ1v) is 7.20. The van der Waals surface area contributed by atoms with Crippen LogP contribution in [0.5, 0.6) is 0 Å². The number of hydrogen-bond acceptors (Lipinski definition) is 4. The number of nitriles is 1. The summed E-state index contributed by atoms with van der Waals surface area (Å²) >= 11 is 0. The molecule has 0 atom stereocenters. The molecular formula is C17H18N4. The van der Waals surface area contributed by atoms with Gasteiger partial charge in [0, 0.05) is 18.8 Å². The lowest BCUT2D eigenvalue weighted by Gasteiger charge is -2.43. The van der Waals surface area contributed by atoms with Crippen molar-refractivity contribution >= 4 is 0 Å². The first-order chi connectivity index (χ1) is 10.2. The van der Waals surface area contributed by atoms with Crippen LogP contribution in [-0.2, 0) is 12.0 Å². The van der Waals surface area contributed by atoms with E-state index < -0.39 is 0 Å². The number of benzene rings is 1. The Kier molecular flexibility index (Phi) is 3.68. The molecule has 4 nitrogen and oxygen atoms in total. The molecule has 1 heterocycles. The van der Waals surface area contributed by atoms with E-state index in [-0.39, 0.29) is 5.41 Å². The third-order valence-electron chi connectivity index (χ3n) is 4.14. The first kappa shape index (κ1) is 13.7. The van der Waals surface area contributed by atoms with Gasteiger partial charge >= 0.3 is 0 Å². The highest BCUT2D eigenvalue weighted by molar-refractivity contribution is 5.36. The van der Waals surface area contributed by atoms with Crippen LogP contribution in [0.2, 0.25) is 0 Å². The van der Waals surface area contributed by atoms with Crippen molar-refractivity contribution in [2.75, 3.05) is 0 Å². The molecule has 0 saturated heterocycles. The normalized spacial score (nSPS) is 24.1. The Balaban J connectivity index is 1.59. The summed E-state index contributed by atoms with van der Waals surface area (Å²) in [6.45, 7) is 2.62. The van der Waals surface area contributed by atoms with E-state index in [1.807, 2.05) is 43.3 Å². The summed E-state index contributed by atoms with van der Waals surface area (Å²) in [5.41, 5.74) is 1.81. The predicted octanol–water partition coefficient (Wildman–Crippen LogP) is 2.50. The molecule has 1 aromatic heterocycles. The van der Waals surface area contributed by atoms with Crippen molar-refractivity contribution in [3.05, 3.63) is 59.7 Å². The number of hydrogen-bond donors (Lipinski definition) is 1. The molecule has 1 N–H and O–H groups in total. The van der Waals surface area contributed by atoms with E-state index in [0.717, 1.165) is 36.5 Å². The fourth-order valence-electron chi connectivity index (χ4n) is 2.93. The zero-order valence-electron chi connectivity index (χ0n) is 12.1. The summed E-state index contributed by atoms with van der Waals surface area (Å²) in [6, 6.07) is 14.9. The van der Waals surface area contributed by atoms with Crippen molar-refractivity contribution in [1.29, 1.82) is 5.26 Å². The van der Waals surface area contributed by atoms with Crippen LogP contribution >= 0.6 is 0 Å². The summed E-state index contributed by atoms with van der Waals surface area (Å²) in [7, 11) is 0. The summed E-state index contributed by atoms with van der Waals surface area (Å²) in [6.07, 6.45) is 3.50. The van der Waals surface area contributed by atoms with E-state index in [1.54, 1.807) is 6.20 Å². The molecule has 2 aromatic rings. The molecule has 0 aliphatic heterocycles. The summed E-state index contributed by atoms with van der Waals surface area (Å²) in [5.74, 6) is 0.790. The van der Waals surface area contributed by atoms with Gasteiger partial charge < -0.3 is 5.32 Å². The zero-order valence-corrected chi connectivity index (χ0v) is 12.1. The number of nitrogens with one attached hydrogen (secondary N) is 1. The van der Waals surface area contributed by atoms with Gasteiger partial charge in [-0.05, 0) is 31.4 Å². The summed E-state index contributed by atoms with van der Waals surface area (Å²) in [4.78, 5) is 8.47. The standard InChI is InChI=1S/C17H18N4/c1-13-19-8-7-15(21-13)11-20-16-9-17(10-16,12-18)14-5-3-2-4-6-14/h2-8,16,20H,9-11H2,1H3. The van der Waals surface area contributed by atoms with Crippen LogP contribution in [0.25, 0.3) is 0 Å². The molecule has 4 heteroatoms. The van der Waals surface area contributed by atoms with Crippen molar-refractivity contribution in [1.82, 2.24) is 15.3 Å². The highest BCUT2D eigenvalue weighted by atomic mass is 15.0. The Bertz CT molecular complexity index is 654. The molecule has 0 amide bonds. The van der Waals surface area contributed by atoms with Crippen molar-refractivity contribution in [3.8, 4) is 6.07 Å². The molecule has 21 heavy (non-hydrogen) atoms. The smallest absolute Gasteiger partial charge is 0.125 e. The van der Waals surface area contributed by atoms with Gasteiger partial charge in [-0.15, -0.1) is 0 Å². The lowest BCUT2D eigenvalue weighted by Crippen LogP contribution is -2.50.